The summed E-state index contributed by atoms with van der Waals surface area (Å²) < 4.78 is 10.8. The Kier molecular flexibility index (Phi) is 3.90. The fourth-order valence-corrected chi connectivity index (χ4v) is 2.42. The first-order valence-electron chi connectivity index (χ1n) is 4.90. The van der Waals surface area contributed by atoms with Crippen LogP contribution in [0.15, 0.2) is 23.8 Å². The highest BCUT2D eigenvalue weighted by atomic mass is 31.2. The van der Waals surface area contributed by atoms with E-state index in [0.29, 0.717) is 24.3 Å². The van der Waals surface area contributed by atoms with Gasteiger partial charge in [-0.2, -0.15) is 0 Å². The number of hydrogen-bond acceptors (Lipinski definition) is 2. The van der Waals surface area contributed by atoms with Crippen molar-refractivity contribution in [2.45, 2.75) is 32.0 Å². The molecule has 0 saturated heterocycles. The summed E-state index contributed by atoms with van der Waals surface area (Å²) in [4.78, 5) is 17.6. The van der Waals surface area contributed by atoms with Crippen molar-refractivity contribution in [2.75, 3.05) is 0 Å². The van der Waals surface area contributed by atoms with E-state index < -0.39 is 13.4 Å². The van der Waals surface area contributed by atoms with E-state index in [1.165, 1.54) is 0 Å². The van der Waals surface area contributed by atoms with Crippen molar-refractivity contribution in [2.24, 2.45) is 5.92 Å². The van der Waals surface area contributed by atoms with E-state index >= 15 is 0 Å². The molecule has 3 N–H and O–H groups in total. The van der Waals surface area contributed by atoms with Crippen LogP contribution in [-0.2, 0) is 4.57 Å². The second-order valence-electron chi connectivity index (χ2n) is 4.06. The quantitative estimate of drug-likeness (QED) is 0.512. The van der Waals surface area contributed by atoms with Crippen molar-refractivity contribution in [3.05, 3.63) is 23.8 Å². The minimum Gasteiger partial charge on any atom is -0.376 e. The average molecular weight is 232 g/mol. The van der Waals surface area contributed by atoms with Gasteiger partial charge in [0.2, 0.25) is 0 Å². The summed E-state index contributed by atoms with van der Waals surface area (Å²) >= 11 is 0. The van der Waals surface area contributed by atoms with E-state index in [9.17, 15) is 9.67 Å². The SMILES string of the molecule is C=C(C)[C@H]1CC=C(C(O)P(=O)(O)O)CC1. The van der Waals surface area contributed by atoms with Crippen LogP contribution in [0.25, 0.3) is 0 Å². The molecule has 2 atom stereocenters. The van der Waals surface area contributed by atoms with Crippen molar-refractivity contribution >= 4 is 7.60 Å². The predicted octanol–water partition coefficient (Wildman–Crippen LogP) is 1.79. The van der Waals surface area contributed by atoms with Crippen molar-refractivity contribution in [3.63, 3.8) is 0 Å². The normalized spacial score (nSPS) is 24.5. The standard InChI is InChI=1S/C10H17O4P/c1-7(2)8-3-5-9(6-4-8)10(11)15(12,13)14/h5,8,10-11H,1,3-4,6H2,2H3,(H2,12,13,14)/t8-,10?/m0/s1. The van der Waals surface area contributed by atoms with Crippen molar-refractivity contribution < 1.29 is 19.5 Å². The van der Waals surface area contributed by atoms with Gasteiger partial charge in [0.1, 0.15) is 0 Å². The Morgan fingerprint density at radius 3 is 2.60 bits per heavy atom. The Morgan fingerprint density at radius 2 is 2.27 bits per heavy atom. The maximum Gasteiger partial charge on any atom is 0.357 e. The Labute approximate surface area is 89.5 Å². The largest absolute Gasteiger partial charge is 0.376 e. The van der Waals surface area contributed by atoms with Gasteiger partial charge in [-0.15, -0.1) is 0 Å². The Balaban J connectivity index is 2.69. The van der Waals surface area contributed by atoms with Gasteiger partial charge in [0.15, 0.2) is 5.85 Å². The molecule has 0 saturated carbocycles. The number of aliphatic hydroxyl groups is 1. The van der Waals surface area contributed by atoms with Crippen LogP contribution >= 0.6 is 7.60 Å². The van der Waals surface area contributed by atoms with Crippen LogP contribution < -0.4 is 0 Å². The molecule has 0 aliphatic heterocycles. The van der Waals surface area contributed by atoms with Crippen molar-refractivity contribution in [1.29, 1.82) is 0 Å². The summed E-state index contributed by atoms with van der Waals surface area (Å²) in [7, 11) is -4.40. The van der Waals surface area contributed by atoms with Crippen LogP contribution in [0.2, 0.25) is 0 Å². The summed E-state index contributed by atoms with van der Waals surface area (Å²) in [6, 6.07) is 0. The molecular weight excluding hydrogens is 215 g/mol. The van der Waals surface area contributed by atoms with Crippen molar-refractivity contribution in [1.82, 2.24) is 0 Å². The maximum absolute atomic E-state index is 10.8. The molecule has 5 heteroatoms. The lowest BCUT2D eigenvalue weighted by atomic mass is 9.86. The molecule has 0 amide bonds. The van der Waals surface area contributed by atoms with Gasteiger partial charge in [0.25, 0.3) is 0 Å². The molecule has 4 nitrogen and oxygen atoms in total. The molecule has 1 rings (SSSR count). The predicted molar refractivity (Wildman–Crippen MR) is 58.3 cm³/mol. The molecule has 0 aromatic heterocycles. The zero-order valence-corrected chi connectivity index (χ0v) is 9.65. The van der Waals surface area contributed by atoms with Crippen LogP contribution in [0.5, 0.6) is 0 Å². The maximum atomic E-state index is 10.8. The first kappa shape index (κ1) is 12.7. The number of aliphatic hydroxyl groups excluding tert-OH is 1. The van der Waals surface area contributed by atoms with E-state index in [0.717, 1.165) is 12.0 Å². The van der Waals surface area contributed by atoms with Crippen LogP contribution in [0.3, 0.4) is 0 Å². The topological polar surface area (TPSA) is 77.8 Å². The highest BCUT2D eigenvalue weighted by molar-refractivity contribution is 7.52. The van der Waals surface area contributed by atoms with E-state index in [-0.39, 0.29) is 0 Å². The van der Waals surface area contributed by atoms with Gasteiger partial charge < -0.3 is 14.9 Å². The van der Waals surface area contributed by atoms with Crippen molar-refractivity contribution in [3.8, 4) is 0 Å². The van der Waals surface area contributed by atoms with Crippen LogP contribution in [-0.4, -0.2) is 20.7 Å². The molecule has 1 aliphatic carbocycles. The molecule has 0 spiro atoms. The molecule has 86 valence electrons. The summed E-state index contributed by atoms with van der Waals surface area (Å²) in [6.45, 7) is 5.80. The Hall–Kier alpha value is -0.410. The highest BCUT2D eigenvalue weighted by Gasteiger charge is 2.31. The first-order chi connectivity index (χ1) is 6.82. The number of allylic oxidation sites excluding steroid dienone is 2. The van der Waals surface area contributed by atoms with Gasteiger partial charge in [-0.1, -0.05) is 18.2 Å². The Bertz CT molecular complexity index is 328. The third-order valence-corrected chi connectivity index (χ3v) is 3.76. The smallest absolute Gasteiger partial charge is 0.357 e. The molecule has 1 unspecified atom stereocenters. The highest BCUT2D eigenvalue weighted by Crippen LogP contribution is 2.46. The first-order valence-corrected chi connectivity index (χ1v) is 6.58. The molecule has 0 aromatic carbocycles. The van der Waals surface area contributed by atoms with Gasteiger partial charge in [-0.3, -0.25) is 4.57 Å². The zero-order chi connectivity index (χ0) is 11.6. The molecule has 1 aliphatic rings. The van der Waals surface area contributed by atoms with Gasteiger partial charge >= 0.3 is 7.60 Å². The second-order valence-corrected chi connectivity index (χ2v) is 5.73. The molecule has 0 bridgehead atoms. The molecule has 0 fully saturated rings. The lowest BCUT2D eigenvalue weighted by Crippen LogP contribution is -2.16. The summed E-state index contributed by atoms with van der Waals surface area (Å²) in [5, 5.41) is 9.38. The van der Waals surface area contributed by atoms with Crippen LogP contribution in [0.4, 0.5) is 0 Å². The van der Waals surface area contributed by atoms with E-state index in [2.05, 4.69) is 6.58 Å². The van der Waals surface area contributed by atoms with E-state index in [1.54, 1.807) is 6.08 Å². The van der Waals surface area contributed by atoms with E-state index in [4.69, 9.17) is 9.79 Å². The van der Waals surface area contributed by atoms with Gasteiger partial charge in [-0.05, 0) is 37.7 Å². The number of hydrogen-bond donors (Lipinski definition) is 3. The lowest BCUT2D eigenvalue weighted by Gasteiger charge is -2.25. The van der Waals surface area contributed by atoms with Crippen LogP contribution in [0, 0.1) is 5.92 Å². The molecule has 0 heterocycles. The van der Waals surface area contributed by atoms with Gasteiger partial charge in [0, 0.05) is 0 Å². The second kappa shape index (κ2) is 4.62. The third kappa shape index (κ3) is 3.28. The Morgan fingerprint density at radius 1 is 1.67 bits per heavy atom. The fourth-order valence-electron chi connectivity index (χ4n) is 1.75. The fraction of sp³-hybridized carbons (Fsp3) is 0.600. The number of rotatable bonds is 3. The molecular formula is C10H17O4P. The molecule has 0 aromatic rings. The lowest BCUT2D eigenvalue weighted by molar-refractivity contribution is 0.222. The summed E-state index contributed by atoms with van der Waals surface area (Å²) in [6.07, 6.45) is 3.77. The summed E-state index contributed by atoms with van der Waals surface area (Å²) in [5.41, 5.74) is 1.54. The minimum absolute atomic E-state index is 0.373. The zero-order valence-electron chi connectivity index (χ0n) is 8.76. The monoisotopic (exact) mass is 232 g/mol. The molecule has 15 heavy (non-hydrogen) atoms. The van der Waals surface area contributed by atoms with Gasteiger partial charge in [-0.25, -0.2) is 0 Å². The van der Waals surface area contributed by atoms with Gasteiger partial charge in [0.05, 0.1) is 0 Å². The summed E-state index contributed by atoms with van der Waals surface area (Å²) in [5.74, 6) is -1.25. The molecule has 0 radical (unpaired) electrons. The average Bonchev–Trinajstić information content (AvgIpc) is 2.15. The third-order valence-electron chi connectivity index (χ3n) is 2.79. The van der Waals surface area contributed by atoms with Crippen LogP contribution in [0.1, 0.15) is 26.2 Å². The van der Waals surface area contributed by atoms with E-state index in [1.807, 2.05) is 6.92 Å². The minimum atomic E-state index is -4.40.